The molecule has 3 aliphatic rings. The third kappa shape index (κ3) is 5.79. The van der Waals surface area contributed by atoms with Gasteiger partial charge in [0, 0.05) is 39.2 Å². The van der Waals surface area contributed by atoms with Gasteiger partial charge in [-0.2, -0.15) is 0 Å². The third-order valence-corrected chi connectivity index (χ3v) is 7.35. The lowest BCUT2D eigenvalue weighted by atomic mass is 9.95. The number of thioether (sulfide) groups is 1. The van der Waals surface area contributed by atoms with Crippen molar-refractivity contribution >= 4 is 29.7 Å². The van der Waals surface area contributed by atoms with Gasteiger partial charge in [0.1, 0.15) is 16.3 Å². The van der Waals surface area contributed by atoms with Crippen LogP contribution in [0.25, 0.3) is 0 Å². The van der Waals surface area contributed by atoms with Gasteiger partial charge in [-0.05, 0) is 6.92 Å². The highest BCUT2D eigenvalue weighted by molar-refractivity contribution is 8.01. The molecule has 0 aromatic carbocycles. The molecule has 4 unspecified atom stereocenters. The van der Waals surface area contributed by atoms with Crippen LogP contribution in [0.15, 0.2) is 0 Å². The predicted molar refractivity (Wildman–Crippen MR) is 113 cm³/mol. The lowest BCUT2D eigenvalue weighted by Crippen LogP contribution is -2.62. The fraction of sp³-hybridized carbons (Fsp3) is 0.850. The molecule has 192 valence electrons. The summed E-state index contributed by atoms with van der Waals surface area (Å²) < 4.78 is 38.1. The molecule has 0 aromatic heterocycles. The second-order valence-corrected chi connectivity index (χ2v) is 9.94. The summed E-state index contributed by atoms with van der Waals surface area (Å²) >= 11 is 0.998. The first-order valence-corrected chi connectivity index (χ1v) is 11.6. The SMILES string of the molecule is CO[C@H]1C[C@@](C[N+](=O)[O-])(S[C@@H]2OC(C)[C@@H](OC(C)=O)C(OC(C)=O)C2OC(C)=O)[C@@H]2OCC1O2. The molecule has 2 bridgehead atoms. The van der Waals surface area contributed by atoms with E-state index in [4.69, 9.17) is 33.2 Å². The number of hydrogen-bond acceptors (Lipinski definition) is 13. The molecule has 0 N–H and O–H groups in total. The number of nitrogens with zero attached hydrogens (tertiary/aromatic N) is 1. The molecule has 0 aromatic rings. The van der Waals surface area contributed by atoms with Gasteiger partial charge >= 0.3 is 17.9 Å². The van der Waals surface area contributed by atoms with Crippen molar-refractivity contribution in [3.63, 3.8) is 0 Å². The maximum absolute atomic E-state index is 12.0. The highest BCUT2D eigenvalue weighted by atomic mass is 32.2. The summed E-state index contributed by atoms with van der Waals surface area (Å²) in [6.45, 7) is 4.76. The van der Waals surface area contributed by atoms with Crippen molar-refractivity contribution in [3.8, 4) is 0 Å². The maximum atomic E-state index is 12.0. The molecule has 13 nitrogen and oxygen atoms in total. The second kappa shape index (κ2) is 10.7. The Balaban J connectivity index is 1.98. The zero-order valence-corrected chi connectivity index (χ0v) is 20.3. The van der Waals surface area contributed by atoms with E-state index in [9.17, 15) is 24.5 Å². The smallest absolute Gasteiger partial charge is 0.303 e. The summed E-state index contributed by atoms with van der Waals surface area (Å²) in [6.07, 6.45) is -5.90. The number of nitro groups is 1. The average molecular weight is 508 g/mol. The van der Waals surface area contributed by atoms with E-state index in [-0.39, 0.29) is 19.1 Å². The van der Waals surface area contributed by atoms with Crippen LogP contribution in [0, 0.1) is 10.1 Å². The summed E-state index contributed by atoms with van der Waals surface area (Å²) in [5.41, 5.74) is -1.04. The Hall–Kier alpha value is -2.00. The van der Waals surface area contributed by atoms with E-state index < -0.39 is 76.4 Å². The first-order chi connectivity index (χ1) is 16.0. The molecule has 3 rings (SSSR count). The van der Waals surface area contributed by atoms with Crippen LogP contribution in [-0.4, -0.2) is 96.2 Å². The van der Waals surface area contributed by atoms with Gasteiger partial charge in [-0.1, -0.05) is 0 Å². The lowest BCUT2D eigenvalue weighted by Gasteiger charge is -2.47. The summed E-state index contributed by atoms with van der Waals surface area (Å²) in [5, 5.41) is 11.7. The van der Waals surface area contributed by atoms with E-state index in [1.165, 1.54) is 14.0 Å². The van der Waals surface area contributed by atoms with Crippen LogP contribution in [0.5, 0.6) is 0 Å². The van der Waals surface area contributed by atoms with Gasteiger partial charge < -0.3 is 33.2 Å². The summed E-state index contributed by atoms with van der Waals surface area (Å²) in [6, 6.07) is 0. The zero-order chi connectivity index (χ0) is 25.2. The van der Waals surface area contributed by atoms with Crippen molar-refractivity contribution < 1.29 is 52.5 Å². The Bertz CT molecular complexity index is 810. The normalized spacial score (nSPS) is 39.2. The van der Waals surface area contributed by atoms with Crippen molar-refractivity contribution in [1.29, 1.82) is 0 Å². The van der Waals surface area contributed by atoms with Crippen LogP contribution < -0.4 is 0 Å². The zero-order valence-electron chi connectivity index (χ0n) is 19.5. The lowest BCUT2D eigenvalue weighted by molar-refractivity contribution is -0.490. The van der Waals surface area contributed by atoms with Crippen molar-refractivity contribution in [3.05, 3.63) is 10.1 Å². The van der Waals surface area contributed by atoms with Crippen molar-refractivity contribution in [2.45, 2.75) is 87.2 Å². The molecule has 3 aliphatic heterocycles. The quantitative estimate of drug-likeness (QED) is 0.193. The predicted octanol–water partition coefficient (Wildman–Crippen LogP) is 0.435. The van der Waals surface area contributed by atoms with Crippen molar-refractivity contribution in [2.75, 3.05) is 20.3 Å². The number of methoxy groups -OCH3 is 1. The monoisotopic (exact) mass is 507 g/mol. The summed E-state index contributed by atoms with van der Waals surface area (Å²) in [7, 11) is 1.48. The van der Waals surface area contributed by atoms with Gasteiger partial charge in [0.15, 0.2) is 24.6 Å². The molecule has 0 radical (unpaired) electrons. The number of fused-ring (bicyclic) bond motifs is 2. The molecule has 3 fully saturated rings. The van der Waals surface area contributed by atoms with Gasteiger partial charge in [0.25, 0.3) is 0 Å². The van der Waals surface area contributed by atoms with E-state index >= 15 is 0 Å². The van der Waals surface area contributed by atoms with Crippen LogP contribution in [0.3, 0.4) is 0 Å². The molecule has 0 aliphatic carbocycles. The van der Waals surface area contributed by atoms with E-state index in [2.05, 4.69) is 0 Å². The maximum Gasteiger partial charge on any atom is 0.303 e. The Kier molecular flexibility index (Phi) is 8.39. The number of hydrogen-bond donors (Lipinski definition) is 0. The standard InChI is InChI=1S/C20H29NO12S/c1-9-15(30-10(2)22)16(31-11(3)23)17(32-12(4)24)18(29-9)34-20(8-21(25)26)6-13(27-5)14-7-28-19(20)33-14/h9,13-19H,6-8H2,1-5H3/t9?,13-,14?,15+,16?,17?,18-,19+,20-/m0/s1. The van der Waals surface area contributed by atoms with Gasteiger partial charge in [-0.25, -0.2) is 0 Å². The molecule has 3 heterocycles. The fourth-order valence-corrected chi connectivity index (χ4v) is 6.20. The largest absolute Gasteiger partial charge is 0.456 e. The highest BCUT2D eigenvalue weighted by Crippen LogP contribution is 2.49. The van der Waals surface area contributed by atoms with E-state index in [0.717, 1.165) is 25.6 Å². The second-order valence-electron chi connectivity index (χ2n) is 8.42. The third-order valence-electron chi connectivity index (χ3n) is 5.78. The van der Waals surface area contributed by atoms with Crippen molar-refractivity contribution in [2.24, 2.45) is 0 Å². The van der Waals surface area contributed by atoms with Gasteiger partial charge in [0.05, 0.1) is 18.8 Å². The summed E-state index contributed by atoms with van der Waals surface area (Å²) in [5.74, 6) is -2.05. The summed E-state index contributed by atoms with van der Waals surface area (Å²) in [4.78, 5) is 46.7. The van der Waals surface area contributed by atoms with Gasteiger partial charge in [-0.15, -0.1) is 11.8 Å². The van der Waals surface area contributed by atoms with Crippen LogP contribution in [0.2, 0.25) is 0 Å². The van der Waals surface area contributed by atoms with E-state index in [0.29, 0.717) is 0 Å². The van der Waals surface area contributed by atoms with Crippen LogP contribution >= 0.6 is 11.8 Å². The number of carbonyl (C=O) groups is 3. The molecular weight excluding hydrogens is 478 g/mol. The molecule has 3 saturated heterocycles. The molecule has 34 heavy (non-hydrogen) atoms. The highest BCUT2D eigenvalue weighted by Gasteiger charge is 2.61. The molecule has 9 atom stereocenters. The Labute approximate surface area is 200 Å². The number of esters is 3. The minimum Gasteiger partial charge on any atom is -0.456 e. The molecule has 0 amide bonds. The topological polar surface area (TPSA) is 159 Å². The van der Waals surface area contributed by atoms with Gasteiger partial charge in [-0.3, -0.25) is 24.5 Å². The first-order valence-electron chi connectivity index (χ1n) is 10.7. The fourth-order valence-electron chi connectivity index (χ4n) is 4.49. The Morgan fingerprint density at radius 1 is 1.03 bits per heavy atom. The number of rotatable bonds is 8. The van der Waals surface area contributed by atoms with Gasteiger partial charge in [0.2, 0.25) is 6.54 Å². The minimum absolute atomic E-state index is 0.205. The van der Waals surface area contributed by atoms with Crippen LogP contribution in [0.1, 0.15) is 34.1 Å². The minimum atomic E-state index is -1.27. The Morgan fingerprint density at radius 2 is 1.62 bits per heavy atom. The molecule has 0 saturated carbocycles. The first kappa shape index (κ1) is 26.6. The Morgan fingerprint density at radius 3 is 2.18 bits per heavy atom. The number of ether oxygens (including phenoxy) is 7. The van der Waals surface area contributed by atoms with E-state index in [1.54, 1.807) is 6.92 Å². The number of carbonyl (C=O) groups excluding carboxylic acids is 3. The van der Waals surface area contributed by atoms with Crippen LogP contribution in [-0.2, 0) is 47.5 Å². The van der Waals surface area contributed by atoms with Crippen molar-refractivity contribution in [1.82, 2.24) is 0 Å². The average Bonchev–Trinajstić information content (AvgIpc) is 3.16. The molecule has 0 spiro atoms. The molecular formula is C20H29NO12S. The molecule has 14 heteroatoms. The van der Waals surface area contributed by atoms with Crippen LogP contribution in [0.4, 0.5) is 0 Å². The van der Waals surface area contributed by atoms with E-state index in [1.807, 2.05) is 0 Å².